The molecule has 0 aromatic rings. The number of carboxylic acids is 1. The van der Waals surface area contributed by atoms with Gasteiger partial charge in [0.25, 0.3) is 0 Å². The molecule has 0 aromatic heterocycles. The van der Waals surface area contributed by atoms with Gasteiger partial charge in [0, 0.05) is 6.54 Å². The van der Waals surface area contributed by atoms with Gasteiger partial charge in [-0.1, -0.05) is 25.5 Å². The maximum Gasteiger partial charge on any atom is 0.308 e. The van der Waals surface area contributed by atoms with Crippen LogP contribution in [0.4, 0.5) is 0 Å². The third-order valence-electron chi connectivity index (χ3n) is 3.99. The number of carboxylic acid groups (broad SMARTS) is 1. The van der Waals surface area contributed by atoms with E-state index in [4.69, 9.17) is 5.11 Å². The highest BCUT2D eigenvalue weighted by molar-refractivity contribution is 6.05. The molecule has 0 bridgehead atoms. The van der Waals surface area contributed by atoms with Crippen LogP contribution in [0.15, 0.2) is 12.2 Å². The SMILES string of the molecule is CCCC(CN1C(=O)C2CC=CCC2C1=O)C(=O)O. The Morgan fingerprint density at radius 1 is 1.32 bits per heavy atom. The Morgan fingerprint density at radius 2 is 1.84 bits per heavy atom. The van der Waals surface area contributed by atoms with Crippen molar-refractivity contribution in [2.45, 2.75) is 32.6 Å². The number of carbonyl (C=O) groups excluding carboxylic acids is 2. The monoisotopic (exact) mass is 265 g/mol. The number of likely N-dealkylation sites (tertiary alicyclic amines) is 1. The highest BCUT2D eigenvalue weighted by Crippen LogP contribution is 2.35. The first-order valence-electron chi connectivity index (χ1n) is 6.79. The van der Waals surface area contributed by atoms with E-state index in [9.17, 15) is 14.4 Å². The Hall–Kier alpha value is -1.65. The van der Waals surface area contributed by atoms with Crippen LogP contribution in [0.2, 0.25) is 0 Å². The number of carbonyl (C=O) groups is 3. The molecule has 5 heteroatoms. The fraction of sp³-hybridized carbons (Fsp3) is 0.643. The second kappa shape index (κ2) is 5.55. The number of allylic oxidation sites excluding steroid dienone is 2. The van der Waals surface area contributed by atoms with Crippen LogP contribution in [0, 0.1) is 17.8 Å². The number of rotatable bonds is 5. The van der Waals surface area contributed by atoms with E-state index in [1.807, 2.05) is 19.1 Å². The molecule has 1 saturated heterocycles. The van der Waals surface area contributed by atoms with Crippen LogP contribution in [-0.4, -0.2) is 34.3 Å². The summed E-state index contributed by atoms with van der Waals surface area (Å²) in [5.41, 5.74) is 0. The summed E-state index contributed by atoms with van der Waals surface area (Å²) in [6.07, 6.45) is 6.25. The second-order valence-electron chi connectivity index (χ2n) is 5.27. The van der Waals surface area contributed by atoms with Gasteiger partial charge in [-0.05, 0) is 19.3 Å². The van der Waals surface area contributed by atoms with Gasteiger partial charge in [0.05, 0.1) is 17.8 Å². The van der Waals surface area contributed by atoms with Crippen molar-refractivity contribution >= 4 is 17.8 Å². The minimum atomic E-state index is -0.935. The number of hydrogen-bond acceptors (Lipinski definition) is 3. The molecule has 5 nitrogen and oxygen atoms in total. The fourth-order valence-corrected chi connectivity index (χ4v) is 2.91. The van der Waals surface area contributed by atoms with E-state index in [0.717, 1.165) is 6.42 Å². The maximum absolute atomic E-state index is 12.2. The zero-order chi connectivity index (χ0) is 14.0. The molecule has 1 N–H and O–H groups in total. The summed E-state index contributed by atoms with van der Waals surface area (Å²) in [7, 11) is 0. The smallest absolute Gasteiger partial charge is 0.308 e. The van der Waals surface area contributed by atoms with Gasteiger partial charge in [-0.3, -0.25) is 19.3 Å². The number of aliphatic carboxylic acids is 1. The van der Waals surface area contributed by atoms with Gasteiger partial charge in [-0.2, -0.15) is 0 Å². The van der Waals surface area contributed by atoms with Crippen molar-refractivity contribution < 1.29 is 19.5 Å². The molecule has 0 aromatic carbocycles. The summed E-state index contributed by atoms with van der Waals surface area (Å²) in [6.45, 7) is 1.92. The predicted octanol–water partition coefficient (Wildman–Crippen LogP) is 1.44. The average molecular weight is 265 g/mol. The summed E-state index contributed by atoms with van der Waals surface area (Å²) < 4.78 is 0. The Balaban J connectivity index is 2.10. The van der Waals surface area contributed by atoms with E-state index in [1.54, 1.807) is 0 Å². The van der Waals surface area contributed by atoms with Gasteiger partial charge in [0.2, 0.25) is 11.8 Å². The quantitative estimate of drug-likeness (QED) is 0.603. The van der Waals surface area contributed by atoms with Crippen molar-refractivity contribution in [3.63, 3.8) is 0 Å². The molecular formula is C14H19NO4. The maximum atomic E-state index is 12.2. The summed E-state index contributed by atoms with van der Waals surface area (Å²) in [5, 5.41) is 9.13. The predicted molar refractivity (Wildman–Crippen MR) is 68.1 cm³/mol. The number of amides is 2. The number of nitrogens with zero attached hydrogens (tertiary/aromatic N) is 1. The third-order valence-corrected chi connectivity index (χ3v) is 3.99. The van der Waals surface area contributed by atoms with Crippen LogP contribution in [0.1, 0.15) is 32.6 Å². The van der Waals surface area contributed by atoms with Crippen LogP contribution in [-0.2, 0) is 14.4 Å². The lowest BCUT2D eigenvalue weighted by molar-refractivity contribution is -0.146. The van der Waals surface area contributed by atoms with E-state index in [-0.39, 0.29) is 30.2 Å². The van der Waals surface area contributed by atoms with Gasteiger partial charge < -0.3 is 5.11 Å². The van der Waals surface area contributed by atoms with Crippen LogP contribution in [0.25, 0.3) is 0 Å². The highest BCUT2D eigenvalue weighted by atomic mass is 16.4. The van der Waals surface area contributed by atoms with Crippen LogP contribution >= 0.6 is 0 Å². The van der Waals surface area contributed by atoms with Crippen molar-refractivity contribution in [1.82, 2.24) is 4.90 Å². The number of hydrogen-bond donors (Lipinski definition) is 1. The van der Waals surface area contributed by atoms with Crippen molar-refractivity contribution in [1.29, 1.82) is 0 Å². The minimum absolute atomic E-state index is 0.0217. The van der Waals surface area contributed by atoms with E-state index >= 15 is 0 Å². The number of imide groups is 1. The van der Waals surface area contributed by atoms with Gasteiger partial charge in [-0.15, -0.1) is 0 Å². The largest absolute Gasteiger partial charge is 0.481 e. The Morgan fingerprint density at radius 3 is 2.26 bits per heavy atom. The summed E-state index contributed by atoms with van der Waals surface area (Å²) in [6, 6.07) is 0. The second-order valence-corrected chi connectivity index (χ2v) is 5.27. The van der Waals surface area contributed by atoms with E-state index in [2.05, 4.69) is 0 Å². The molecule has 1 fully saturated rings. The molecule has 19 heavy (non-hydrogen) atoms. The Bertz CT molecular complexity index is 403. The first kappa shape index (κ1) is 13.8. The standard InChI is InChI=1S/C14H19NO4/c1-2-5-9(14(18)19)8-15-12(16)10-6-3-4-7-11(10)13(15)17/h3-4,9-11H,2,5-8H2,1H3,(H,18,19). The van der Waals surface area contributed by atoms with E-state index < -0.39 is 11.9 Å². The summed E-state index contributed by atoms with van der Waals surface area (Å²) >= 11 is 0. The fourth-order valence-electron chi connectivity index (χ4n) is 2.91. The lowest BCUT2D eigenvalue weighted by Crippen LogP contribution is -2.38. The van der Waals surface area contributed by atoms with Gasteiger partial charge in [0.15, 0.2) is 0 Å². The molecule has 1 aliphatic carbocycles. The highest BCUT2D eigenvalue weighted by Gasteiger charge is 2.47. The lowest BCUT2D eigenvalue weighted by Gasteiger charge is -2.19. The molecule has 1 heterocycles. The molecule has 2 amide bonds. The first-order valence-corrected chi connectivity index (χ1v) is 6.79. The Labute approximate surface area is 112 Å². The summed E-state index contributed by atoms with van der Waals surface area (Å²) in [4.78, 5) is 36.7. The normalized spacial score (nSPS) is 27.5. The molecule has 0 radical (unpaired) electrons. The van der Waals surface area contributed by atoms with Gasteiger partial charge >= 0.3 is 5.97 Å². The molecule has 1 aliphatic heterocycles. The van der Waals surface area contributed by atoms with E-state index in [0.29, 0.717) is 19.3 Å². The third kappa shape index (κ3) is 2.55. The molecule has 2 rings (SSSR count). The average Bonchev–Trinajstić information content (AvgIpc) is 2.63. The first-order chi connectivity index (χ1) is 9.06. The van der Waals surface area contributed by atoms with Gasteiger partial charge in [0.1, 0.15) is 0 Å². The molecule has 2 aliphatic rings. The molecule has 3 unspecified atom stereocenters. The van der Waals surface area contributed by atoms with Crippen LogP contribution < -0.4 is 0 Å². The van der Waals surface area contributed by atoms with Crippen LogP contribution in [0.3, 0.4) is 0 Å². The van der Waals surface area contributed by atoms with Gasteiger partial charge in [-0.25, -0.2) is 0 Å². The molecule has 104 valence electrons. The topological polar surface area (TPSA) is 74.7 Å². The zero-order valence-corrected chi connectivity index (χ0v) is 11.0. The van der Waals surface area contributed by atoms with Crippen molar-refractivity contribution in [3.05, 3.63) is 12.2 Å². The lowest BCUT2D eigenvalue weighted by atomic mass is 9.85. The zero-order valence-electron chi connectivity index (χ0n) is 11.0. The number of fused-ring (bicyclic) bond motifs is 1. The van der Waals surface area contributed by atoms with Crippen molar-refractivity contribution in [2.24, 2.45) is 17.8 Å². The van der Waals surface area contributed by atoms with Crippen LogP contribution in [0.5, 0.6) is 0 Å². The van der Waals surface area contributed by atoms with Crippen molar-refractivity contribution in [3.8, 4) is 0 Å². The van der Waals surface area contributed by atoms with Crippen molar-refractivity contribution in [2.75, 3.05) is 6.54 Å². The molecular weight excluding hydrogens is 246 g/mol. The molecule has 3 atom stereocenters. The summed E-state index contributed by atoms with van der Waals surface area (Å²) in [5.74, 6) is -2.51. The Kier molecular flexibility index (Phi) is 4.02. The minimum Gasteiger partial charge on any atom is -0.481 e. The molecule has 0 spiro atoms. The molecule has 0 saturated carbocycles. The van der Waals surface area contributed by atoms with E-state index in [1.165, 1.54) is 4.90 Å².